The molecule has 1 N–H and O–H groups in total. The summed E-state index contributed by atoms with van der Waals surface area (Å²) >= 11 is 0. The van der Waals surface area contributed by atoms with E-state index in [0.717, 1.165) is 29.8 Å². The van der Waals surface area contributed by atoms with Crippen molar-refractivity contribution in [3.05, 3.63) is 52.8 Å². The van der Waals surface area contributed by atoms with Crippen molar-refractivity contribution in [3.63, 3.8) is 0 Å². The first kappa shape index (κ1) is 13.9. The molecule has 110 valence electrons. The van der Waals surface area contributed by atoms with E-state index in [4.69, 9.17) is 0 Å². The van der Waals surface area contributed by atoms with Gasteiger partial charge in [-0.25, -0.2) is 0 Å². The highest BCUT2D eigenvalue weighted by atomic mass is 16.1. The Morgan fingerprint density at radius 3 is 2.81 bits per heavy atom. The Kier molecular flexibility index (Phi) is 3.58. The predicted octanol–water partition coefficient (Wildman–Crippen LogP) is 3.66. The number of aromatic nitrogens is 1. The zero-order valence-corrected chi connectivity index (χ0v) is 12.9. The number of carbonyl (C=O) groups is 1. The zero-order valence-electron chi connectivity index (χ0n) is 12.9. The number of Topliss-reactive ketones (excluding diaryl/α,β-unsaturated/α-hetero) is 1. The molecule has 21 heavy (non-hydrogen) atoms. The summed E-state index contributed by atoms with van der Waals surface area (Å²) in [5.74, 6) is 0.195. The van der Waals surface area contributed by atoms with E-state index in [1.54, 1.807) is 0 Å². The fourth-order valence-corrected chi connectivity index (χ4v) is 3.25. The molecule has 1 aromatic carbocycles. The standard InChI is InChI=1S/C18H22N2O/c1-12-10-16(14(3)19-12)18(21)11-20-13(2)8-9-15-6-4-5-7-17(15)20/h4-7,10,13,19H,8-9,11H2,1-3H3. The van der Waals surface area contributed by atoms with Gasteiger partial charge in [-0.2, -0.15) is 0 Å². The molecule has 3 rings (SSSR count). The van der Waals surface area contributed by atoms with Crippen LogP contribution in [0, 0.1) is 13.8 Å². The SMILES string of the molecule is Cc1cc(C(=O)CN2c3ccccc3CCC2C)c(C)[nH]1. The number of fused-ring (bicyclic) bond motifs is 1. The highest BCUT2D eigenvalue weighted by Gasteiger charge is 2.25. The monoisotopic (exact) mass is 282 g/mol. The van der Waals surface area contributed by atoms with E-state index >= 15 is 0 Å². The van der Waals surface area contributed by atoms with E-state index in [2.05, 4.69) is 41.1 Å². The maximum absolute atomic E-state index is 12.6. The van der Waals surface area contributed by atoms with Gasteiger partial charge in [0, 0.05) is 28.7 Å². The van der Waals surface area contributed by atoms with Crippen molar-refractivity contribution in [2.24, 2.45) is 0 Å². The summed E-state index contributed by atoms with van der Waals surface area (Å²) in [7, 11) is 0. The van der Waals surface area contributed by atoms with E-state index in [1.165, 1.54) is 11.3 Å². The van der Waals surface area contributed by atoms with Crippen molar-refractivity contribution in [3.8, 4) is 0 Å². The first-order chi connectivity index (χ1) is 10.1. The molecule has 0 amide bonds. The highest BCUT2D eigenvalue weighted by molar-refractivity contribution is 6.00. The molecule has 3 heteroatoms. The molecule has 0 saturated carbocycles. The molecule has 1 unspecified atom stereocenters. The molecular formula is C18H22N2O. The van der Waals surface area contributed by atoms with Crippen LogP contribution in [0.3, 0.4) is 0 Å². The highest BCUT2D eigenvalue weighted by Crippen LogP contribution is 2.30. The zero-order chi connectivity index (χ0) is 15.0. The fourth-order valence-electron chi connectivity index (χ4n) is 3.25. The quantitative estimate of drug-likeness (QED) is 0.872. The number of para-hydroxylation sites is 1. The summed E-state index contributed by atoms with van der Waals surface area (Å²) in [5.41, 5.74) is 5.40. The van der Waals surface area contributed by atoms with Crippen LogP contribution in [0.4, 0.5) is 5.69 Å². The lowest BCUT2D eigenvalue weighted by molar-refractivity contribution is 0.0996. The summed E-state index contributed by atoms with van der Waals surface area (Å²) in [6.45, 7) is 6.62. The molecule has 0 aliphatic carbocycles. The number of hydrogen-bond acceptors (Lipinski definition) is 2. The summed E-state index contributed by atoms with van der Waals surface area (Å²) < 4.78 is 0. The van der Waals surface area contributed by atoms with Crippen molar-refractivity contribution in [2.75, 3.05) is 11.4 Å². The van der Waals surface area contributed by atoms with Crippen molar-refractivity contribution in [2.45, 2.75) is 39.7 Å². The molecule has 0 radical (unpaired) electrons. The van der Waals surface area contributed by atoms with Crippen molar-refractivity contribution < 1.29 is 4.79 Å². The second-order valence-electron chi connectivity index (χ2n) is 6.06. The maximum atomic E-state index is 12.6. The van der Waals surface area contributed by atoms with Gasteiger partial charge in [-0.15, -0.1) is 0 Å². The maximum Gasteiger partial charge on any atom is 0.183 e. The number of aromatic amines is 1. The molecule has 1 atom stereocenters. The van der Waals surface area contributed by atoms with Crippen LogP contribution in [0.2, 0.25) is 0 Å². The van der Waals surface area contributed by atoms with Crippen molar-refractivity contribution in [1.29, 1.82) is 0 Å². The number of H-pyrrole nitrogens is 1. The third-order valence-electron chi connectivity index (χ3n) is 4.43. The fraction of sp³-hybridized carbons (Fsp3) is 0.389. The number of carbonyl (C=O) groups excluding carboxylic acids is 1. The molecular weight excluding hydrogens is 260 g/mol. The summed E-state index contributed by atoms with van der Waals surface area (Å²) in [4.78, 5) is 18.1. The van der Waals surface area contributed by atoms with Crippen LogP contribution in [0.1, 0.15) is 40.7 Å². The number of rotatable bonds is 3. The number of ketones is 1. The second-order valence-corrected chi connectivity index (χ2v) is 6.06. The van der Waals surface area contributed by atoms with Gasteiger partial charge in [0.05, 0.1) is 6.54 Å². The van der Waals surface area contributed by atoms with E-state index in [-0.39, 0.29) is 5.78 Å². The Morgan fingerprint density at radius 1 is 1.33 bits per heavy atom. The molecule has 0 saturated heterocycles. The lowest BCUT2D eigenvalue weighted by atomic mass is 9.96. The summed E-state index contributed by atoms with van der Waals surface area (Å²) in [5, 5.41) is 0. The van der Waals surface area contributed by atoms with Gasteiger partial charge in [-0.05, 0) is 51.3 Å². The van der Waals surface area contributed by atoms with Crippen LogP contribution in [0.15, 0.2) is 30.3 Å². The van der Waals surface area contributed by atoms with Crippen LogP contribution in [0.5, 0.6) is 0 Å². The van der Waals surface area contributed by atoms with Crippen molar-refractivity contribution in [1.82, 2.24) is 4.98 Å². The summed E-state index contributed by atoms with van der Waals surface area (Å²) in [6, 6.07) is 10.8. The van der Waals surface area contributed by atoms with Gasteiger partial charge in [0.25, 0.3) is 0 Å². The number of hydrogen-bond donors (Lipinski definition) is 1. The van der Waals surface area contributed by atoms with E-state index in [0.29, 0.717) is 12.6 Å². The minimum atomic E-state index is 0.195. The smallest absolute Gasteiger partial charge is 0.183 e. The van der Waals surface area contributed by atoms with E-state index in [9.17, 15) is 4.79 Å². The first-order valence-electron chi connectivity index (χ1n) is 7.60. The third-order valence-corrected chi connectivity index (χ3v) is 4.43. The number of nitrogens with one attached hydrogen (secondary N) is 1. The molecule has 0 bridgehead atoms. The lowest BCUT2D eigenvalue weighted by Crippen LogP contribution is -2.40. The third kappa shape index (κ3) is 2.60. The van der Waals surface area contributed by atoms with Crippen LogP contribution < -0.4 is 4.90 Å². The lowest BCUT2D eigenvalue weighted by Gasteiger charge is -2.36. The average Bonchev–Trinajstić information content (AvgIpc) is 2.81. The van der Waals surface area contributed by atoms with E-state index < -0.39 is 0 Å². The van der Waals surface area contributed by atoms with Crippen LogP contribution in [0.25, 0.3) is 0 Å². The Morgan fingerprint density at radius 2 is 2.10 bits per heavy atom. The molecule has 1 aliphatic rings. The number of anilines is 1. The van der Waals surface area contributed by atoms with Gasteiger partial charge in [0.15, 0.2) is 5.78 Å². The molecule has 3 nitrogen and oxygen atoms in total. The van der Waals surface area contributed by atoms with Gasteiger partial charge in [0.1, 0.15) is 0 Å². The molecule has 1 aliphatic heterocycles. The Hall–Kier alpha value is -2.03. The van der Waals surface area contributed by atoms with Crippen LogP contribution in [-0.4, -0.2) is 23.4 Å². The topological polar surface area (TPSA) is 36.1 Å². The van der Waals surface area contributed by atoms with Gasteiger partial charge in [-0.1, -0.05) is 18.2 Å². The first-order valence-corrected chi connectivity index (χ1v) is 7.60. The Labute approximate surface area is 126 Å². The molecule has 0 fully saturated rings. The minimum absolute atomic E-state index is 0.195. The summed E-state index contributed by atoms with van der Waals surface area (Å²) in [6.07, 6.45) is 2.21. The minimum Gasteiger partial charge on any atom is -0.362 e. The molecule has 2 aromatic rings. The van der Waals surface area contributed by atoms with Crippen LogP contribution in [-0.2, 0) is 6.42 Å². The average molecular weight is 282 g/mol. The van der Waals surface area contributed by atoms with Gasteiger partial charge < -0.3 is 9.88 Å². The van der Waals surface area contributed by atoms with Crippen molar-refractivity contribution >= 4 is 11.5 Å². The van der Waals surface area contributed by atoms with Gasteiger partial charge >= 0.3 is 0 Å². The second kappa shape index (κ2) is 5.40. The van der Waals surface area contributed by atoms with E-state index in [1.807, 2.05) is 19.9 Å². The predicted molar refractivity (Wildman–Crippen MR) is 86.2 cm³/mol. The number of benzene rings is 1. The van der Waals surface area contributed by atoms with Gasteiger partial charge in [0.2, 0.25) is 0 Å². The van der Waals surface area contributed by atoms with Crippen LogP contribution >= 0.6 is 0 Å². The molecule has 2 heterocycles. The molecule has 1 aromatic heterocycles. The Balaban J connectivity index is 1.87. The normalized spacial score (nSPS) is 17.7. The molecule has 0 spiro atoms. The largest absolute Gasteiger partial charge is 0.362 e. The number of aryl methyl sites for hydroxylation is 3. The number of nitrogens with zero attached hydrogens (tertiary/aromatic N) is 1. The Bertz CT molecular complexity index is 672. The van der Waals surface area contributed by atoms with Gasteiger partial charge in [-0.3, -0.25) is 4.79 Å².